The van der Waals surface area contributed by atoms with Crippen molar-refractivity contribution in [1.29, 1.82) is 0 Å². The quantitative estimate of drug-likeness (QED) is 0.645. The summed E-state index contributed by atoms with van der Waals surface area (Å²) in [6, 6.07) is 5.01. The lowest BCUT2D eigenvalue weighted by Gasteiger charge is -1.92. The molecule has 0 amide bonds. The van der Waals surface area contributed by atoms with Gasteiger partial charge in [-0.3, -0.25) is 0 Å². The van der Waals surface area contributed by atoms with Crippen molar-refractivity contribution in [2.45, 2.75) is 20.3 Å². The van der Waals surface area contributed by atoms with Crippen LogP contribution in [0.25, 0.3) is 10.1 Å². The van der Waals surface area contributed by atoms with Gasteiger partial charge in [-0.1, -0.05) is 6.92 Å². The molecule has 0 atom stereocenters. The van der Waals surface area contributed by atoms with Gasteiger partial charge in [0.05, 0.1) is 0 Å². The van der Waals surface area contributed by atoms with Crippen LogP contribution >= 0.6 is 11.3 Å². The SMILES string of the molecule is CCc1sc2ccc(F)cc2c1C. The maximum Gasteiger partial charge on any atom is 0.123 e. The van der Waals surface area contributed by atoms with Gasteiger partial charge >= 0.3 is 0 Å². The van der Waals surface area contributed by atoms with Gasteiger partial charge in [0.1, 0.15) is 5.82 Å². The van der Waals surface area contributed by atoms with E-state index in [1.807, 2.05) is 6.07 Å². The number of benzene rings is 1. The first kappa shape index (κ1) is 8.70. The van der Waals surface area contributed by atoms with Crippen LogP contribution in [-0.4, -0.2) is 0 Å². The first-order valence-electron chi connectivity index (χ1n) is 4.40. The molecule has 13 heavy (non-hydrogen) atoms. The molecule has 0 spiro atoms. The second-order valence-electron chi connectivity index (χ2n) is 3.14. The number of fused-ring (bicyclic) bond motifs is 1. The molecule has 2 heteroatoms. The van der Waals surface area contributed by atoms with Crippen LogP contribution in [0, 0.1) is 12.7 Å². The summed E-state index contributed by atoms with van der Waals surface area (Å²) >= 11 is 1.77. The molecule has 1 aromatic heterocycles. The first-order chi connectivity index (χ1) is 6.22. The molecule has 0 bridgehead atoms. The normalized spacial score (nSPS) is 11.0. The molecule has 0 fully saturated rings. The zero-order valence-corrected chi connectivity index (χ0v) is 8.54. The Labute approximate surface area is 81.0 Å². The van der Waals surface area contributed by atoms with E-state index in [1.165, 1.54) is 21.2 Å². The zero-order valence-electron chi connectivity index (χ0n) is 7.73. The van der Waals surface area contributed by atoms with E-state index < -0.39 is 0 Å². The highest BCUT2D eigenvalue weighted by atomic mass is 32.1. The van der Waals surface area contributed by atoms with Crippen molar-refractivity contribution in [1.82, 2.24) is 0 Å². The molecule has 0 unspecified atom stereocenters. The molecule has 2 rings (SSSR count). The van der Waals surface area contributed by atoms with E-state index in [9.17, 15) is 4.39 Å². The lowest BCUT2D eigenvalue weighted by atomic mass is 10.1. The number of thiophene rings is 1. The predicted octanol–water partition coefficient (Wildman–Crippen LogP) is 3.91. The molecule has 2 aromatic rings. The average molecular weight is 194 g/mol. The monoisotopic (exact) mass is 194 g/mol. The molecule has 0 radical (unpaired) electrons. The number of aryl methyl sites for hydroxylation is 2. The number of hydrogen-bond acceptors (Lipinski definition) is 1. The van der Waals surface area contributed by atoms with E-state index >= 15 is 0 Å². The summed E-state index contributed by atoms with van der Waals surface area (Å²) < 4.78 is 14.1. The fourth-order valence-corrected chi connectivity index (χ4v) is 2.71. The van der Waals surface area contributed by atoms with Gasteiger partial charge in [-0.25, -0.2) is 4.39 Å². The van der Waals surface area contributed by atoms with Gasteiger partial charge < -0.3 is 0 Å². The van der Waals surface area contributed by atoms with E-state index in [4.69, 9.17) is 0 Å². The van der Waals surface area contributed by atoms with Gasteiger partial charge in [-0.05, 0) is 42.5 Å². The lowest BCUT2D eigenvalue weighted by Crippen LogP contribution is -1.77. The minimum atomic E-state index is -0.143. The maximum atomic E-state index is 12.9. The summed E-state index contributed by atoms with van der Waals surface area (Å²) in [5, 5.41) is 1.07. The summed E-state index contributed by atoms with van der Waals surface area (Å²) in [7, 11) is 0. The Morgan fingerprint density at radius 2 is 2.15 bits per heavy atom. The van der Waals surface area contributed by atoms with Crippen molar-refractivity contribution >= 4 is 21.4 Å². The number of halogens is 1. The summed E-state index contributed by atoms with van der Waals surface area (Å²) in [6.45, 7) is 4.20. The highest BCUT2D eigenvalue weighted by Crippen LogP contribution is 2.31. The largest absolute Gasteiger partial charge is 0.207 e. The Balaban J connectivity index is 2.77. The Bertz CT molecular complexity index is 443. The molecule has 1 aromatic carbocycles. The van der Waals surface area contributed by atoms with E-state index in [-0.39, 0.29) is 5.82 Å². The third kappa shape index (κ3) is 1.35. The van der Waals surface area contributed by atoms with Crippen molar-refractivity contribution in [3.8, 4) is 0 Å². The van der Waals surface area contributed by atoms with Crippen molar-refractivity contribution < 1.29 is 4.39 Å². The lowest BCUT2D eigenvalue weighted by molar-refractivity contribution is 0.630. The van der Waals surface area contributed by atoms with E-state index in [0.717, 1.165) is 11.8 Å². The summed E-state index contributed by atoms with van der Waals surface area (Å²) in [5.41, 5.74) is 1.24. The topological polar surface area (TPSA) is 0 Å². The van der Waals surface area contributed by atoms with Crippen LogP contribution < -0.4 is 0 Å². The van der Waals surface area contributed by atoms with E-state index in [2.05, 4.69) is 13.8 Å². The summed E-state index contributed by atoms with van der Waals surface area (Å²) in [6.07, 6.45) is 1.03. The highest BCUT2D eigenvalue weighted by molar-refractivity contribution is 7.19. The molecule has 0 aliphatic rings. The molecule has 0 nitrogen and oxygen atoms in total. The summed E-state index contributed by atoms with van der Waals surface area (Å²) in [5.74, 6) is -0.143. The van der Waals surface area contributed by atoms with Crippen molar-refractivity contribution in [3.05, 3.63) is 34.5 Å². The Morgan fingerprint density at radius 1 is 1.38 bits per heavy atom. The van der Waals surface area contributed by atoms with Crippen LogP contribution in [0.3, 0.4) is 0 Å². The van der Waals surface area contributed by atoms with Gasteiger partial charge in [0.25, 0.3) is 0 Å². The predicted molar refractivity (Wildman–Crippen MR) is 55.9 cm³/mol. The Hall–Kier alpha value is -0.890. The van der Waals surface area contributed by atoms with Crippen LogP contribution in [0.5, 0.6) is 0 Å². The molecule has 0 saturated heterocycles. The highest BCUT2D eigenvalue weighted by Gasteiger charge is 2.06. The maximum absolute atomic E-state index is 12.9. The van der Waals surface area contributed by atoms with Gasteiger partial charge in [-0.2, -0.15) is 0 Å². The molecule has 1 heterocycles. The van der Waals surface area contributed by atoms with Crippen LogP contribution in [0.4, 0.5) is 4.39 Å². The minimum Gasteiger partial charge on any atom is -0.207 e. The summed E-state index contributed by atoms with van der Waals surface area (Å²) in [4.78, 5) is 1.36. The van der Waals surface area contributed by atoms with Crippen LogP contribution in [-0.2, 0) is 6.42 Å². The third-order valence-corrected chi connectivity index (χ3v) is 3.74. The fourth-order valence-electron chi connectivity index (χ4n) is 1.58. The first-order valence-corrected chi connectivity index (χ1v) is 5.21. The Morgan fingerprint density at radius 3 is 2.85 bits per heavy atom. The second kappa shape index (κ2) is 3.11. The van der Waals surface area contributed by atoms with E-state index in [1.54, 1.807) is 17.4 Å². The van der Waals surface area contributed by atoms with Crippen molar-refractivity contribution in [3.63, 3.8) is 0 Å². The van der Waals surface area contributed by atoms with Gasteiger partial charge in [-0.15, -0.1) is 11.3 Å². The number of hydrogen-bond donors (Lipinski definition) is 0. The second-order valence-corrected chi connectivity index (χ2v) is 4.28. The molecule has 0 aliphatic heterocycles. The number of rotatable bonds is 1. The average Bonchev–Trinajstić information content (AvgIpc) is 2.44. The smallest absolute Gasteiger partial charge is 0.123 e. The van der Waals surface area contributed by atoms with Crippen LogP contribution in [0.15, 0.2) is 18.2 Å². The fraction of sp³-hybridized carbons (Fsp3) is 0.273. The molecular weight excluding hydrogens is 183 g/mol. The molecule has 0 aliphatic carbocycles. The van der Waals surface area contributed by atoms with E-state index in [0.29, 0.717) is 0 Å². The molecule has 0 N–H and O–H groups in total. The third-order valence-electron chi connectivity index (χ3n) is 2.32. The standard InChI is InChI=1S/C11H11FS/c1-3-10-7(2)9-6-8(12)4-5-11(9)13-10/h4-6H,3H2,1-2H3. The molecular formula is C11H11FS. The van der Waals surface area contributed by atoms with Crippen LogP contribution in [0.2, 0.25) is 0 Å². The van der Waals surface area contributed by atoms with Crippen molar-refractivity contribution in [2.24, 2.45) is 0 Å². The minimum absolute atomic E-state index is 0.143. The van der Waals surface area contributed by atoms with Gasteiger partial charge in [0.2, 0.25) is 0 Å². The zero-order chi connectivity index (χ0) is 9.42. The molecule has 0 saturated carbocycles. The molecule has 68 valence electrons. The van der Waals surface area contributed by atoms with Gasteiger partial charge in [0.15, 0.2) is 0 Å². The Kier molecular flexibility index (Phi) is 2.08. The van der Waals surface area contributed by atoms with Crippen molar-refractivity contribution in [2.75, 3.05) is 0 Å². The van der Waals surface area contributed by atoms with Gasteiger partial charge in [0, 0.05) is 9.58 Å². The van der Waals surface area contributed by atoms with Crippen LogP contribution in [0.1, 0.15) is 17.4 Å².